The van der Waals surface area contributed by atoms with E-state index in [2.05, 4.69) is 55.4 Å². The number of carboxylic acid groups (broad SMARTS) is 1. The summed E-state index contributed by atoms with van der Waals surface area (Å²) >= 11 is 0. The van der Waals surface area contributed by atoms with Gasteiger partial charge in [0.1, 0.15) is 0 Å². The summed E-state index contributed by atoms with van der Waals surface area (Å²) in [5.41, 5.74) is 0.575. The van der Waals surface area contributed by atoms with E-state index < -0.39 is 14.3 Å². The van der Waals surface area contributed by atoms with Gasteiger partial charge in [0.2, 0.25) is 0 Å². The Kier molecular flexibility index (Phi) is 8.53. The van der Waals surface area contributed by atoms with Gasteiger partial charge >= 0.3 is 5.97 Å². The summed E-state index contributed by atoms with van der Waals surface area (Å²) in [6.45, 7) is 17.5. The number of rotatable bonds is 10. The van der Waals surface area contributed by atoms with Crippen LogP contribution in [-0.2, 0) is 14.0 Å². The van der Waals surface area contributed by atoms with E-state index in [1.165, 1.54) is 0 Å². The molecule has 5 heteroatoms. The summed E-state index contributed by atoms with van der Waals surface area (Å²) in [6, 6.07) is 0. The summed E-state index contributed by atoms with van der Waals surface area (Å²) in [6.07, 6.45) is 1.93. The lowest BCUT2D eigenvalue weighted by Crippen LogP contribution is -2.55. The first-order valence-electron chi connectivity index (χ1n) is 8.84. The second-order valence-electron chi connectivity index (χ2n) is 8.07. The number of aliphatic carboxylic acids is 1. The van der Waals surface area contributed by atoms with Crippen LogP contribution >= 0.6 is 0 Å². The van der Waals surface area contributed by atoms with Crippen molar-refractivity contribution in [3.8, 4) is 0 Å². The van der Waals surface area contributed by atoms with E-state index in [9.17, 15) is 9.59 Å². The normalized spacial score (nSPS) is 14.2. The van der Waals surface area contributed by atoms with Gasteiger partial charge in [-0.25, -0.2) is 0 Å². The largest absolute Gasteiger partial charge is 0.518 e. The molecular weight excluding hydrogens is 308 g/mol. The first-order chi connectivity index (χ1) is 10.4. The Balaban J connectivity index is 5.56. The van der Waals surface area contributed by atoms with E-state index >= 15 is 0 Å². The quantitative estimate of drug-likeness (QED) is 0.541. The van der Waals surface area contributed by atoms with Gasteiger partial charge in [0, 0.05) is 0 Å². The summed E-state index contributed by atoms with van der Waals surface area (Å²) in [5, 5.41) is 8.74. The van der Waals surface area contributed by atoms with Crippen molar-refractivity contribution in [2.75, 3.05) is 0 Å². The SMILES string of the molecule is CCC(C)CC(C)(C)[Si](OC(=O)CCC(=O)O)(C(C)C)C(C)C. The molecule has 0 aromatic rings. The van der Waals surface area contributed by atoms with Crippen LogP contribution in [0.5, 0.6) is 0 Å². The second kappa shape index (κ2) is 8.86. The highest BCUT2D eigenvalue weighted by Gasteiger charge is 2.56. The molecule has 1 N–H and O–H groups in total. The second-order valence-corrected chi connectivity index (χ2v) is 13.5. The van der Waals surface area contributed by atoms with Crippen LogP contribution in [0.3, 0.4) is 0 Å². The Morgan fingerprint density at radius 2 is 1.52 bits per heavy atom. The topological polar surface area (TPSA) is 63.6 Å². The molecule has 0 heterocycles. The molecule has 0 spiro atoms. The number of carboxylic acids is 1. The fourth-order valence-corrected chi connectivity index (χ4v) is 10.6. The highest BCUT2D eigenvalue weighted by Crippen LogP contribution is 2.54. The van der Waals surface area contributed by atoms with Gasteiger partial charge in [-0.15, -0.1) is 0 Å². The molecule has 23 heavy (non-hydrogen) atoms. The zero-order chi connectivity index (χ0) is 18.4. The van der Waals surface area contributed by atoms with Crippen LogP contribution < -0.4 is 0 Å². The van der Waals surface area contributed by atoms with E-state index in [1.807, 2.05) is 0 Å². The Morgan fingerprint density at radius 3 is 1.87 bits per heavy atom. The molecule has 0 aliphatic rings. The van der Waals surface area contributed by atoms with Crippen molar-refractivity contribution in [1.29, 1.82) is 0 Å². The highest BCUT2D eigenvalue weighted by atomic mass is 28.4. The molecule has 0 radical (unpaired) electrons. The lowest BCUT2D eigenvalue weighted by molar-refractivity contribution is -0.143. The maximum Gasteiger partial charge on any atom is 0.303 e. The molecule has 0 rings (SSSR count). The van der Waals surface area contributed by atoms with Gasteiger partial charge in [0.25, 0.3) is 14.3 Å². The molecule has 0 aliphatic carbocycles. The minimum atomic E-state index is -2.43. The molecular formula is C18H36O4Si. The summed E-state index contributed by atoms with van der Waals surface area (Å²) in [5.74, 6) is -0.729. The number of hydrogen-bond donors (Lipinski definition) is 1. The Bertz CT molecular complexity index is 394. The smallest absolute Gasteiger partial charge is 0.303 e. The van der Waals surface area contributed by atoms with Crippen molar-refractivity contribution in [3.05, 3.63) is 0 Å². The molecule has 0 aromatic carbocycles. The summed E-state index contributed by atoms with van der Waals surface area (Å²) in [7, 11) is -2.43. The van der Waals surface area contributed by atoms with E-state index in [0.29, 0.717) is 5.92 Å². The van der Waals surface area contributed by atoms with Gasteiger partial charge in [-0.2, -0.15) is 0 Å². The van der Waals surface area contributed by atoms with Crippen LogP contribution in [0.4, 0.5) is 0 Å². The predicted octanol–water partition coefficient (Wildman–Crippen LogP) is 5.38. The highest BCUT2D eigenvalue weighted by molar-refractivity contribution is 6.80. The number of carbonyl (C=O) groups is 2. The monoisotopic (exact) mass is 344 g/mol. The number of carbonyl (C=O) groups excluding carboxylic acids is 1. The molecule has 0 fully saturated rings. The zero-order valence-electron chi connectivity index (χ0n) is 16.2. The molecule has 1 unspecified atom stereocenters. The average Bonchev–Trinajstić information content (AvgIpc) is 2.40. The van der Waals surface area contributed by atoms with Gasteiger partial charge in [-0.3, -0.25) is 9.59 Å². The van der Waals surface area contributed by atoms with E-state index in [-0.39, 0.29) is 34.9 Å². The van der Waals surface area contributed by atoms with Gasteiger partial charge < -0.3 is 9.53 Å². The molecule has 0 aliphatic heterocycles. The lowest BCUT2D eigenvalue weighted by Gasteiger charge is -2.50. The summed E-state index contributed by atoms with van der Waals surface area (Å²) in [4.78, 5) is 23.0. The van der Waals surface area contributed by atoms with E-state index in [0.717, 1.165) is 12.8 Å². The van der Waals surface area contributed by atoms with Gasteiger partial charge in [0.05, 0.1) is 12.8 Å². The fourth-order valence-electron chi connectivity index (χ4n) is 4.23. The van der Waals surface area contributed by atoms with Crippen LogP contribution in [0.25, 0.3) is 0 Å². The average molecular weight is 345 g/mol. The van der Waals surface area contributed by atoms with Gasteiger partial charge in [0.15, 0.2) is 0 Å². The van der Waals surface area contributed by atoms with E-state index in [4.69, 9.17) is 9.53 Å². The maximum absolute atomic E-state index is 12.3. The molecule has 4 nitrogen and oxygen atoms in total. The fraction of sp³-hybridized carbons (Fsp3) is 0.889. The molecule has 0 bridgehead atoms. The van der Waals surface area contributed by atoms with Crippen molar-refractivity contribution in [3.63, 3.8) is 0 Å². The van der Waals surface area contributed by atoms with Gasteiger partial charge in [-0.05, 0) is 28.5 Å². The van der Waals surface area contributed by atoms with Crippen molar-refractivity contribution in [2.24, 2.45) is 5.92 Å². The minimum Gasteiger partial charge on any atom is -0.518 e. The predicted molar refractivity (Wildman–Crippen MR) is 97.0 cm³/mol. The molecule has 136 valence electrons. The molecule has 0 saturated carbocycles. The first-order valence-corrected chi connectivity index (χ1v) is 10.9. The van der Waals surface area contributed by atoms with Crippen molar-refractivity contribution < 1.29 is 19.1 Å². The van der Waals surface area contributed by atoms with Crippen molar-refractivity contribution >= 4 is 20.3 Å². The molecule has 0 amide bonds. The Morgan fingerprint density at radius 1 is 1.04 bits per heavy atom. The van der Waals surface area contributed by atoms with Crippen LogP contribution in [-0.4, -0.2) is 25.4 Å². The Labute approximate surface area is 143 Å². The third-order valence-electron chi connectivity index (χ3n) is 5.15. The lowest BCUT2D eigenvalue weighted by atomic mass is 9.96. The van der Waals surface area contributed by atoms with Crippen molar-refractivity contribution in [1.82, 2.24) is 0 Å². The van der Waals surface area contributed by atoms with Crippen LogP contribution in [0.1, 0.15) is 81.1 Å². The van der Waals surface area contributed by atoms with Crippen LogP contribution in [0.2, 0.25) is 16.1 Å². The summed E-state index contributed by atoms with van der Waals surface area (Å²) < 4.78 is 6.16. The molecule has 0 saturated heterocycles. The standard InChI is InChI=1S/C18H36O4Si/c1-9-15(6)12-18(7,8)23(13(2)3,14(4)5)22-17(21)11-10-16(19)20/h13-15H,9-12H2,1-8H3,(H,19,20). The zero-order valence-corrected chi connectivity index (χ0v) is 17.2. The van der Waals surface area contributed by atoms with E-state index in [1.54, 1.807) is 0 Å². The van der Waals surface area contributed by atoms with Crippen LogP contribution in [0.15, 0.2) is 0 Å². The van der Waals surface area contributed by atoms with Crippen molar-refractivity contribution in [2.45, 2.75) is 97.2 Å². The third-order valence-corrected chi connectivity index (χ3v) is 11.5. The maximum atomic E-state index is 12.3. The molecule has 1 atom stereocenters. The van der Waals surface area contributed by atoms with Gasteiger partial charge in [-0.1, -0.05) is 61.8 Å². The third kappa shape index (κ3) is 5.62. The minimum absolute atomic E-state index is 0.0388. The van der Waals surface area contributed by atoms with Crippen LogP contribution in [0, 0.1) is 5.92 Å². The number of hydrogen-bond acceptors (Lipinski definition) is 3. The Hall–Kier alpha value is -0.843. The first kappa shape index (κ1) is 22.2. The molecule has 0 aromatic heterocycles.